The molecule has 1 aliphatic rings. The lowest BCUT2D eigenvalue weighted by Gasteiger charge is -2.40. The molecule has 0 spiro atoms. The van der Waals surface area contributed by atoms with Crippen molar-refractivity contribution < 1.29 is 14.3 Å². The fourth-order valence-electron chi connectivity index (χ4n) is 4.03. The maximum Gasteiger partial charge on any atom is 0.232 e. The zero-order valence-corrected chi connectivity index (χ0v) is 17.6. The SMILES string of the molecule is COc1ccc(C2CC(c3ccccc3OC)n3ncnc3N2C(=O)C(C)C)cc1. The second-order valence-electron chi connectivity index (χ2n) is 7.65. The van der Waals surface area contributed by atoms with Gasteiger partial charge in [-0.3, -0.25) is 9.69 Å². The summed E-state index contributed by atoms with van der Waals surface area (Å²) in [6.07, 6.45) is 2.16. The average molecular weight is 406 g/mol. The highest BCUT2D eigenvalue weighted by Gasteiger charge is 2.40. The van der Waals surface area contributed by atoms with Gasteiger partial charge in [0.1, 0.15) is 17.8 Å². The molecule has 0 fully saturated rings. The van der Waals surface area contributed by atoms with Crippen LogP contribution in [-0.4, -0.2) is 34.9 Å². The molecule has 3 aromatic rings. The van der Waals surface area contributed by atoms with Crippen molar-refractivity contribution in [2.75, 3.05) is 19.1 Å². The number of amides is 1. The van der Waals surface area contributed by atoms with E-state index >= 15 is 0 Å². The Morgan fingerprint density at radius 2 is 1.77 bits per heavy atom. The standard InChI is InChI=1S/C23H26N4O3/c1-15(2)22(28)26-19(16-9-11-17(29-3)12-10-16)13-20(27-23(26)24-14-25-27)18-7-5-6-8-21(18)30-4/h5-12,14-15,19-20H,13H2,1-4H3. The predicted octanol–water partition coefficient (Wildman–Crippen LogP) is 4.02. The molecule has 7 nitrogen and oxygen atoms in total. The summed E-state index contributed by atoms with van der Waals surface area (Å²) < 4.78 is 12.8. The first-order valence-corrected chi connectivity index (χ1v) is 10.0. The van der Waals surface area contributed by atoms with Crippen molar-refractivity contribution in [1.29, 1.82) is 0 Å². The van der Waals surface area contributed by atoms with E-state index in [9.17, 15) is 4.79 Å². The number of benzene rings is 2. The van der Waals surface area contributed by atoms with Crippen molar-refractivity contribution >= 4 is 11.9 Å². The second kappa shape index (κ2) is 8.18. The topological polar surface area (TPSA) is 69.5 Å². The highest BCUT2D eigenvalue weighted by Crippen LogP contribution is 2.44. The van der Waals surface area contributed by atoms with E-state index in [1.165, 1.54) is 6.33 Å². The Morgan fingerprint density at radius 1 is 1.03 bits per heavy atom. The number of para-hydroxylation sites is 1. The molecule has 0 saturated heterocycles. The second-order valence-corrected chi connectivity index (χ2v) is 7.65. The number of hydrogen-bond donors (Lipinski definition) is 0. The number of carbonyl (C=O) groups excluding carboxylic acids is 1. The van der Waals surface area contributed by atoms with Crippen molar-refractivity contribution in [2.45, 2.75) is 32.4 Å². The first kappa shape index (κ1) is 19.9. The maximum atomic E-state index is 13.2. The largest absolute Gasteiger partial charge is 0.497 e. The van der Waals surface area contributed by atoms with Crippen LogP contribution in [0.4, 0.5) is 5.95 Å². The third kappa shape index (κ3) is 3.40. The van der Waals surface area contributed by atoms with E-state index in [-0.39, 0.29) is 23.9 Å². The van der Waals surface area contributed by atoms with Crippen molar-refractivity contribution in [2.24, 2.45) is 5.92 Å². The van der Waals surface area contributed by atoms with Crippen LogP contribution < -0.4 is 14.4 Å². The van der Waals surface area contributed by atoms with Gasteiger partial charge in [-0.15, -0.1) is 0 Å². The van der Waals surface area contributed by atoms with Crippen LogP contribution in [0.2, 0.25) is 0 Å². The van der Waals surface area contributed by atoms with Crippen molar-refractivity contribution in [3.8, 4) is 11.5 Å². The molecule has 2 unspecified atom stereocenters. The summed E-state index contributed by atoms with van der Waals surface area (Å²) in [5.74, 6) is 1.97. The Balaban J connectivity index is 1.85. The third-order valence-corrected chi connectivity index (χ3v) is 5.55. The van der Waals surface area contributed by atoms with Crippen LogP contribution in [0.3, 0.4) is 0 Å². The van der Waals surface area contributed by atoms with Crippen LogP contribution in [0.15, 0.2) is 54.9 Å². The Morgan fingerprint density at radius 3 is 2.43 bits per heavy atom. The number of ether oxygens (including phenoxy) is 2. The number of aromatic nitrogens is 3. The molecule has 4 rings (SSSR count). The highest BCUT2D eigenvalue weighted by atomic mass is 16.5. The van der Waals surface area contributed by atoms with E-state index in [1.54, 1.807) is 19.1 Å². The lowest BCUT2D eigenvalue weighted by Crippen LogP contribution is -2.44. The van der Waals surface area contributed by atoms with Gasteiger partial charge in [-0.25, -0.2) is 4.68 Å². The molecule has 0 bridgehead atoms. The summed E-state index contributed by atoms with van der Waals surface area (Å²) in [5.41, 5.74) is 2.04. The molecule has 0 radical (unpaired) electrons. The smallest absolute Gasteiger partial charge is 0.232 e. The van der Waals surface area contributed by atoms with Gasteiger partial charge in [-0.2, -0.15) is 10.1 Å². The molecule has 1 aromatic heterocycles. The minimum Gasteiger partial charge on any atom is -0.497 e. The summed E-state index contributed by atoms with van der Waals surface area (Å²) in [4.78, 5) is 19.5. The average Bonchev–Trinajstić information content (AvgIpc) is 3.27. The fraction of sp³-hybridized carbons (Fsp3) is 0.348. The maximum absolute atomic E-state index is 13.2. The number of fused-ring (bicyclic) bond motifs is 1. The Labute approximate surface area is 176 Å². The van der Waals surface area contributed by atoms with Gasteiger partial charge in [0.05, 0.1) is 26.3 Å². The summed E-state index contributed by atoms with van der Waals surface area (Å²) in [5, 5.41) is 4.47. The van der Waals surface area contributed by atoms with E-state index in [2.05, 4.69) is 10.1 Å². The summed E-state index contributed by atoms with van der Waals surface area (Å²) in [6, 6.07) is 15.5. The molecule has 156 valence electrons. The lowest BCUT2D eigenvalue weighted by molar-refractivity contribution is -0.122. The van der Waals surface area contributed by atoms with Gasteiger partial charge < -0.3 is 9.47 Å². The van der Waals surface area contributed by atoms with Crippen LogP contribution in [0.1, 0.15) is 43.5 Å². The van der Waals surface area contributed by atoms with E-state index in [0.29, 0.717) is 12.4 Å². The number of nitrogens with zero attached hydrogens (tertiary/aromatic N) is 4. The summed E-state index contributed by atoms with van der Waals surface area (Å²) >= 11 is 0. The van der Waals surface area contributed by atoms with Gasteiger partial charge in [0, 0.05) is 11.5 Å². The number of carbonyl (C=O) groups is 1. The quantitative estimate of drug-likeness (QED) is 0.640. The van der Waals surface area contributed by atoms with Crippen LogP contribution in [0.25, 0.3) is 0 Å². The van der Waals surface area contributed by atoms with Gasteiger partial charge in [0.25, 0.3) is 0 Å². The van der Waals surface area contributed by atoms with Gasteiger partial charge in [-0.1, -0.05) is 44.2 Å². The van der Waals surface area contributed by atoms with Crippen LogP contribution in [0, 0.1) is 5.92 Å². The minimum atomic E-state index is -0.183. The molecular formula is C23H26N4O3. The fourth-order valence-corrected chi connectivity index (χ4v) is 4.03. The first-order chi connectivity index (χ1) is 14.5. The normalized spacial score (nSPS) is 18.2. The number of methoxy groups -OCH3 is 2. The van der Waals surface area contributed by atoms with Crippen molar-refractivity contribution in [1.82, 2.24) is 14.8 Å². The molecule has 7 heteroatoms. The summed E-state index contributed by atoms with van der Waals surface area (Å²) in [6.45, 7) is 3.81. The third-order valence-electron chi connectivity index (χ3n) is 5.55. The van der Waals surface area contributed by atoms with E-state index in [0.717, 1.165) is 22.6 Å². The Kier molecular flexibility index (Phi) is 5.44. The number of hydrogen-bond acceptors (Lipinski definition) is 5. The highest BCUT2D eigenvalue weighted by molar-refractivity contribution is 5.94. The number of rotatable bonds is 5. The van der Waals surface area contributed by atoms with Gasteiger partial charge in [-0.05, 0) is 30.2 Å². The van der Waals surface area contributed by atoms with Gasteiger partial charge in [0.15, 0.2) is 0 Å². The Bertz CT molecular complexity index is 1030. The molecule has 1 amide bonds. The molecule has 2 atom stereocenters. The zero-order valence-electron chi connectivity index (χ0n) is 17.6. The van der Waals surface area contributed by atoms with Crippen LogP contribution in [-0.2, 0) is 4.79 Å². The molecule has 30 heavy (non-hydrogen) atoms. The number of anilines is 1. The van der Waals surface area contributed by atoms with E-state index in [1.807, 2.05) is 67.1 Å². The molecule has 1 aliphatic heterocycles. The molecule has 2 heterocycles. The summed E-state index contributed by atoms with van der Waals surface area (Å²) in [7, 11) is 3.31. The monoisotopic (exact) mass is 406 g/mol. The van der Waals surface area contributed by atoms with Crippen LogP contribution >= 0.6 is 0 Å². The van der Waals surface area contributed by atoms with Crippen molar-refractivity contribution in [3.05, 3.63) is 66.0 Å². The minimum absolute atomic E-state index is 0.0172. The van der Waals surface area contributed by atoms with Crippen LogP contribution in [0.5, 0.6) is 11.5 Å². The Hall–Kier alpha value is -3.35. The first-order valence-electron chi connectivity index (χ1n) is 10.0. The molecule has 2 aromatic carbocycles. The van der Waals surface area contributed by atoms with E-state index in [4.69, 9.17) is 9.47 Å². The molecule has 0 N–H and O–H groups in total. The molecular weight excluding hydrogens is 380 g/mol. The predicted molar refractivity (Wildman–Crippen MR) is 114 cm³/mol. The zero-order chi connectivity index (χ0) is 21.3. The molecule has 0 saturated carbocycles. The van der Waals surface area contributed by atoms with Gasteiger partial charge in [0.2, 0.25) is 11.9 Å². The van der Waals surface area contributed by atoms with Gasteiger partial charge >= 0.3 is 0 Å². The van der Waals surface area contributed by atoms with Crippen molar-refractivity contribution in [3.63, 3.8) is 0 Å². The molecule has 0 aliphatic carbocycles. The lowest BCUT2D eigenvalue weighted by atomic mass is 9.90. The van der Waals surface area contributed by atoms with E-state index < -0.39 is 0 Å².